The molecule has 0 atom stereocenters. The van der Waals surface area contributed by atoms with Gasteiger partial charge in [-0.1, -0.05) is 24.4 Å². The van der Waals surface area contributed by atoms with Gasteiger partial charge in [-0.05, 0) is 43.2 Å². The predicted octanol–water partition coefficient (Wildman–Crippen LogP) is 4.35. The number of nitrogens with one attached hydrogen (secondary N) is 3. The van der Waals surface area contributed by atoms with Crippen LogP contribution in [0.25, 0.3) is 11.5 Å². The normalized spacial score (nSPS) is 16.3. The van der Waals surface area contributed by atoms with E-state index in [1.165, 1.54) is 18.3 Å². The Hall–Kier alpha value is -3.30. The van der Waals surface area contributed by atoms with Gasteiger partial charge >= 0.3 is 0 Å². The third-order valence-corrected chi connectivity index (χ3v) is 6.60. The zero-order chi connectivity index (χ0) is 24.2. The molecule has 10 heteroatoms. The number of halogens is 2. The van der Waals surface area contributed by atoms with Crippen LogP contribution < -0.4 is 20.9 Å². The number of pyridine rings is 1. The first-order valence-corrected chi connectivity index (χ1v) is 12.3. The molecule has 1 saturated carbocycles. The standard InChI is InChI=1S/C25H27ClFN7O/c26-16-5-6-21(20(27)13-16)32-25(35)19-15-30-24(33-23(19)31-17-3-1-2-4-17)22-14-18(7-8-29-22)34-11-9-28-10-12-34/h5-8,13-15,17,28H,1-4,9-12H2,(H,32,35)(H,30,31,33). The van der Waals surface area contributed by atoms with Crippen molar-refractivity contribution >= 4 is 34.7 Å². The highest BCUT2D eigenvalue weighted by atomic mass is 35.5. The second-order valence-corrected chi connectivity index (χ2v) is 9.23. The number of benzene rings is 1. The lowest BCUT2D eigenvalue weighted by atomic mass is 10.2. The van der Waals surface area contributed by atoms with E-state index in [0.717, 1.165) is 63.6 Å². The molecule has 5 rings (SSSR count). The first-order chi connectivity index (χ1) is 17.1. The Kier molecular flexibility index (Phi) is 7.06. The number of nitrogens with zero attached hydrogens (tertiary/aromatic N) is 4. The monoisotopic (exact) mass is 495 g/mol. The van der Waals surface area contributed by atoms with E-state index in [9.17, 15) is 9.18 Å². The van der Waals surface area contributed by atoms with Crippen molar-refractivity contribution in [3.8, 4) is 11.5 Å². The number of hydrogen-bond donors (Lipinski definition) is 3. The molecule has 35 heavy (non-hydrogen) atoms. The van der Waals surface area contributed by atoms with Gasteiger partial charge in [0.2, 0.25) is 0 Å². The van der Waals surface area contributed by atoms with Gasteiger partial charge in [-0.15, -0.1) is 0 Å². The quantitative estimate of drug-likeness (QED) is 0.468. The van der Waals surface area contributed by atoms with E-state index in [-0.39, 0.29) is 22.3 Å². The lowest BCUT2D eigenvalue weighted by Gasteiger charge is -2.29. The van der Waals surface area contributed by atoms with Crippen LogP contribution in [0, 0.1) is 5.82 Å². The molecule has 3 N–H and O–H groups in total. The van der Waals surface area contributed by atoms with Crippen molar-refractivity contribution in [3.63, 3.8) is 0 Å². The molecular formula is C25H27ClFN7O. The minimum Gasteiger partial charge on any atom is -0.369 e. The molecule has 3 aromatic rings. The second kappa shape index (κ2) is 10.5. The Bertz CT molecular complexity index is 1210. The maximum atomic E-state index is 14.3. The van der Waals surface area contributed by atoms with E-state index >= 15 is 0 Å². The minimum absolute atomic E-state index is 0.0423. The van der Waals surface area contributed by atoms with Crippen molar-refractivity contribution in [1.29, 1.82) is 0 Å². The number of carbonyl (C=O) groups excluding carboxylic acids is 1. The highest BCUT2D eigenvalue weighted by Gasteiger charge is 2.22. The molecule has 0 radical (unpaired) electrons. The van der Waals surface area contributed by atoms with Gasteiger partial charge in [-0.3, -0.25) is 9.78 Å². The zero-order valence-electron chi connectivity index (χ0n) is 19.2. The van der Waals surface area contributed by atoms with Crippen molar-refractivity contribution in [3.05, 3.63) is 59.1 Å². The summed E-state index contributed by atoms with van der Waals surface area (Å²) < 4.78 is 14.3. The fourth-order valence-electron chi connectivity index (χ4n) is 4.49. The van der Waals surface area contributed by atoms with E-state index in [4.69, 9.17) is 16.6 Å². The van der Waals surface area contributed by atoms with Crippen LogP contribution in [0.4, 0.5) is 21.6 Å². The van der Waals surface area contributed by atoms with E-state index < -0.39 is 11.7 Å². The van der Waals surface area contributed by atoms with Crippen molar-refractivity contribution in [2.75, 3.05) is 41.7 Å². The van der Waals surface area contributed by atoms with Crippen molar-refractivity contribution in [2.45, 2.75) is 31.7 Å². The third kappa shape index (κ3) is 5.52. The Morgan fingerprint density at radius 2 is 1.91 bits per heavy atom. The Morgan fingerprint density at radius 1 is 1.11 bits per heavy atom. The first kappa shape index (κ1) is 23.4. The molecule has 1 amide bonds. The van der Waals surface area contributed by atoms with E-state index in [1.807, 2.05) is 12.1 Å². The molecule has 0 spiro atoms. The van der Waals surface area contributed by atoms with Crippen LogP contribution in [0.3, 0.4) is 0 Å². The van der Waals surface area contributed by atoms with E-state index in [0.29, 0.717) is 17.3 Å². The number of carbonyl (C=O) groups is 1. The summed E-state index contributed by atoms with van der Waals surface area (Å²) in [4.78, 5) is 29.0. The summed E-state index contributed by atoms with van der Waals surface area (Å²) in [5.74, 6) is -0.261. The number of hydrogen-bond acceptors (Lipinski definition) is 7. The van der Waals surface area contributed by atoms with Crippen LogP contribution in [-0.2, 0) is 0 Å². The van der Waals surface area contributed by atoms with Gasteiger partial charge in [0.1, 0.15) is 22.9 Å². The molecule has 1 aromatic carbocycles. The molecule has 2 aromatic heterocycles. The summed E-state index contributed by atoms with van der Waals surface area (Å²) in [6, 6.07) is 8.29. The molecule has 1 saturated heterocycles. The average molecular weight is 496 g/mol. The Labute approximate surface area is 208 Å². The molecule has 1 aliphatic heterocycles. The van der Waals surface area contributed by atoms with E-state index in [2.05, 4.69) is 30.8 Å². The molecule has 1 aliphatic carbocycles. The Balaban J connectivity index is 1.45. The summed E-state index contributed by atoms with van der Waals surface area (Å²) >= 11 is 5.83. The lowest BCUT2D eigenvalue weighted by molar-refractivity contribution is 0.102. The van der Waals surface area contributed by atoms with Crippen molar-refractivity contribution in [2.24, 2.45) is 0 Å². The van der Waals surface area contributed by atoms with Crippen LogP contribution >= 0.6 is 11.6 Å². The summed E-state index contributed by atoms with van der Waals surface area (Å²) in [6.07, 6.45) is 7.49. The Morgan fingerprint density at radius 3 is 2.69 bits per heavy atom. The minimum atomic E-state index is -0.609. The number of piperazine rings is 1. The van der Waals surface area contributed by atoms with Crippen LogP contribution in [0.2, 0.25) is 5.02 Å². The van der Waals surface area contributed by atoms with Gasteiger partial charge < -0.3 is 20.9 Å². The van der Waals surface area contributed by atoms with Crippen molar-refractivity contribution < 1.29 is 9.18 Å². The van der Waals surface area contributed by atoms with Gasteiger partial charge in [0.25, 0.3) is 5.91 Å². The molecule has 0 unspecified atom stereocenters. The van der Waals surface area contributed by atoms with Crippen LogP contribution in [0.1, 0.15) is 36.0 Å². The first-order valence-electron chi connectivity index (χ1n) is 11.9. The molecule has 0 bridgehead atoms. The SMILES string of the molecule is O=C(Nc1ccc(Cl)cc1F)c1cnc(-c2cc(N3CCNCC3)ccn2)nc1NC1CCCC1. The summed E-state index contributed by atoms with van der Waals surface area (Å²) in [5.41, 5.74) is 1.98. The fraction of sp³-hybridized carbons (Fsp3) is 0.360. The highest BCUT2D eigenvalue weighted by molar-refractivity contribution is 6.30. The predicted molar refractivity (Wildman–Crippen MR) is 136 cm³/mol. The number of rotatable bonds is 6. The smallest absolute Gasteiger partial charge is 0.261 e. The third-order valence-electron chi connectivity index (χ3n) is 6.36. The van der Waals surface area contributed by atoms with Gasteiger partial charge in [0.15, 0.2) is 5.82 Å². The molecular weight excluding hydrogens is 469 g/mol. The van der Waals surface area contributed by atoms with Gasteiger partial charge in [0.05, 0.1) is 5.69 Å². The highest BCUT2D eigenvalue weighted by Crippen LogP contribution is 2.27. The largest absolute Gasteiger partial charge is 0.369 e. The second-order valence-electron chi connectivity index (χ2n) is 8.80. The molecule has 182 valence electrons. The maximum Gasteiger partial charge on any atom is 0.261 e. The molecule has 2 aliphatic rings. The average Bonchev–Trinajstić information content (AvgIpc) is 3.39. The zero-order valence-corrected chi connectivity index (χ0v) is 20.0. The molecule has 8 nitrogen and oxygen atoms in total. The van der Waals surface area contributed by atoms with Crippen LogP contribution in [0.5, 0.6) is 0 Å². The summed E-state index contributed by atoms with van der Waals surface area (Å²) in [6.45, 7) is 3.70. The van der Waals surface area contributed by atoms with Crippen molar-refractivity contribution in [1.82, 2.24) is 20.3 Å². The summed E-state index contributed by atoms with van der Waals surface area (Å²) in [7, 11) is 0. The van der Waals surface area contributed by atoms with Gasteiger partial charge in [-0.25, -0.2) is 14.4 Å². The number of amides is 1. The topological polar surface area (TPSA) is 95.1 Å². The van der Waals surface area contributed by atoms with Crippen LogP contribution in [0.15, 0.2) is 42.7 Å². The van der Waals surface area contributed by atoms with Gasteiger partial charge in [0, 0.05) is 55.3 Å². The number of aromatic nitrogens is 3. The van der Waals surface area contributed by atoms with Crippen LogP contribution in [-0.4, -0.2) is 53.1 Å². The molecule has 2 fully saturated rings. The maximum absolute atomic E-state index is 14.3. The molecule has 3 heterocycles. The fourth-order valence-corrected chi connectivity index (χ4v) is 4.65. The number of anilines is 3. The lowest BCUT2D eigenvalue weighted by Crippen LogP contribution is -2.43. The summed E-state index contributed by atoms with van der Waals surface area (Å²) in [5, 5.41) is 9.64. The van der Waals surface area contributed by atoms with Gasteiger partial charge in [-0.2, -0.15) is 0 Å². The van der Waals surface area contributed by atoms with E-state index in [1.54, 1.807) is 6.20 Å².